The van der Waals surface area contributed by atoms with Crippen LogP contribution in [0.2, 0.25) is 0 Å². The second kappa shape index (κ2) is 55.9. The molecule has 3 N–H and O–H groups in total. The van der Waals surface area contributed by atoms with E-state index in [4.69, 9.17) is 4.74 Å². The van der Waals surface area contributed by atoms with Gasteiger partial charge in [-0.25, -0.2) is 0 Å². The number of amides is 1. The van der Waals surface area contributed by atoms with Gasteiger partial charge in [0.1, 0.15) is 0 Å². The minimum atomic E-state index is -0.842. The molecule has 0 aliphatic carbocycles. The Labute approximate surface area is 411 Å². The van der Waals surface area contributed by atoms with Gasteiger partial charge in [-0.05, 0) is 57.8 Å². The van der Waals surface area contributed by atoms with Crippen molar-refractivity contribution >= 4 is 11.9 Å². The molecule has 0 fully saturated rings. The fourth-order valence-corrected chi connectivity index (χ4v) is 9.16. The van der Waals surface area contributed by atoms with Crippen LogP contribution in [0.1, 0.15) is 322 Å². The van der Waals surface area contributed by atoms with Crippen LogP contribution in [-0.2, 0) is 14.3 Å². The van der Waals surface area contributed by atoms with E-state index in [1.54, 1.807) is 6.08 Å². The molecule has 6 nitrogen and oxygen atoms in total. The standard InChI is InChI=1S/C60H115NO5/c1-3-5-7-9-11-13-15-16-26-30-34-38-42-46-50-54-60(65)66-55-51-47-43-39-35-31-28-25-23-21-19-17-18-20-22-24-27-29-33-37-41-45-49-53-59(64)61-57(56-62)58(63)52-48-44-40-36-32-14-12-10-8-6-4-2/h16,26,48,52,57-58,62-63H,3-15,17-25,27-47,49-51,53-56H2,1-2H3,(H,61,64)/b26-16-,52-48+. The first-order valence-corrected chi connectivity index (χ1v) is 29.6. The number of nitrogens with one attached hydrogen (secondary N) is 1. The Morgan fingerprint density at radius 1 is 0.409 bits per heavy atom. The fraction of sp³-hybridized carbons (Fsp3) is 0.900. The molecule has 0 aromatic heterocycles. The molecule has 0 rings (SSSR count). The Bertz CT molecular complexity index is 1030. The number of rotatable bonds is 55. The number of aliphatic hydroxyl groups is 2. The topological polar surface area (TPSA) is 95.9 Å². The number of hydrogen-bond acceptors (Lipinski definition) is 5. The Kier molecular flexibility index (Phi) is 54.5. The highest BCUT2D eigenvalue weighted by Gasteiger charge is 2.18. The van der Waals surface area contributed by atoms with Crippen molar-refractivity contribution in [3.63, 3.8) is 0 Å². The summed E-state index contributed by atoms with van der Waals surface area (Å²) in [5.74, 6) is -0.0621. The van der Waals surface area contributed by atoms with Gasteiger partial charge in [0.2, 0.25) is 5.91 Å². The highest BCUT2D eigenvalue weighted by atomic mass is 16.5. The maximum absolute atomic E-state index is 12.4. The van der Waals surface area contributed by atoms with Gasteiger partial charge in [-0.15, -0.1) is 0 Å². The number of carbonyl (C=O) groups excluding carboxylic acids is 2. The van der Waals surface area contributed by atoms with Gasteiger partial charge in [0.05, 0.1) is 25.4 Å². The molecule has 0 bridgehead atoms. The Balaban J connectivity index is 3.37. The lowest BCUT2D eigenvalue weighted by Crippen LogP contribution is -2.45. The predicted octanol–water partition coefficient (Wildman–Crippen LogP) is 18.2. The zero-order valence-corrected chi connectivity index (χ0v) is 44.4. The third-order valence-corrected chi connectivity index (χ3v) is 13.7. The number of esters is 1. The zero-order chi connectivity index (χ0) is 47.9. The summed E-state index contributed by atoms with van der Waals surface area (Å²) in [4.78, 5) is 24.5. The second-order valence-electron chi connectivity index (χ2n) is 20.3. The molecular weight excluding hydrogens is 815 g/mol. The molecule has 2 atom stereocenters. The molecule has 0 saturated carbocycles. The highest BCUT2D eigenvalue weighted by Crippen LogP contribution is 2.17. The van der Waals surface area contributed by atoms with Crippen molar-refractivity contribution in [1.29, 1.82) is 0 Å². The van der Waals surface area contributed by atoms with E-state index in [9.17, 15) is 19.8 Å². The van der Waals surface area contributed by atoms with Crippen LogP contribution in [0.15, 0.2) is 24.3 Å². The molecular formula is C60H115NO5. The van der Waals surface area contributed by atoms with Gasteiger partial charge in [0.25, 0.3) is 0 Å². The quantitative estimate of drug-likeness (QED) is 0.0321. The van der Waals surface area contributed by atoms with E-state index < -0.39 is 12.1 Å². The molecule has 6 heteroatoms. The van der Waals surface area contributed by atoms with Gasteiger partial charge in [-0.1, -0.05) is 276 Å². The van der Waals surface area contributed by atoms with Gasteiger partial charge in [0.15, 0.2) is 0 Å². The molecule has 0 saturated heterocycles. The van der Waals surface area contributed by atoms with E-state index in [2.05, 4.69) is 31.3 Å². The van der Waals surface area contributed by atoms with Gasteiger partial charge in [0, 0.05) is 12.8 Å². The summed E-state index contributed by atoms with van der Waals surface area (Å²) in [5, 5.41) is 23.0. The summed E-state index contributed by atoms with van der Waals surface area (Å²) in [5.41, 5.74) is 0. The first-order chi connectivity index (χ1) is 32.5. The van der Waals surface area contributed by atoms with Gasteiger partial charge < -0.3 is 20.3 Å². The summed E-state index contributed by atoms with van der Waals surface area (Å²) < 4.78 is 5.48. The van der Waals surface area contributed by atoms with Crippen molar-refractivity contribution in [2.24, 2.45) is 0 Å². The number of aliphatic hydroxyl groups excluding tert-OH is 2. The van der Waals surface area contributed by atoms with Crippen LogP contribution in [-0.4, -0.2) is 47.4 Å². The van der Waals surface area contributed by atoms with Gasteiger partial charge in [-0.3, -0.25) is 9.59 Å². The van der Waals surface area contributed by atoms with Crippen molar-refractivity contribution in [2.75, 3.05) is 13.2 Å². The minimum absolute atomic E-state index is 0.00596. The largest absolute Gasteiger partial charge is 0.466 e. The maximum atomic E-state index is 12.4. The minimum Gasteiger partial charge on any atom is -0.466 e. The lowest BCUT2D eigenvalue weighted by Gasteiger charge is -2.20. The van der Waals surface area contributed by atoms with Crippen LogP contribution in [0.3, 0.4) is 0 Å². The lowest BCUT2D eigenvalue weighted by atomic mass is 10.0. The first-order valence-electron chi connectivity index (χ1n) is 29.6. The van der Waals surface area contributed by atoms with Crippen LogP contribution in [0.25, 0.3) is 0 Å². The number of carbonyl (C=O) groups is 2. The van der Waals surface area contributed by atoms with Crippen molar-refractivity contribution in [3.8, 4) is 0 Å². The third-order valence-electron chi connectivity index (χ3n) is 13.7. The smallest absolute Gasteiger partial charge is 0.305 e. The van der Waals surface area contributed by atoms with Crippen molar-refractivity contribution in [1.82, 2.24) is 5.32 Å². The summed E-state index contributed by atoms with van der Waals surface area (Å²) in [6, 6.07) is -0.625. The average molecular weight is 931 g/mol. The number of unbranched alkanes of at least 4 members (excludes halogenated alkanes) is 42. The monoisotopic (exact) mass is 930 g/mol. The molecule has 0 aromatic carbocycles. The van der Waals surface area contributed by atoms with Crippen molar-refractivity contribution in [2.45, 2.75) is 334 Å². The molecule has 0 aliphatic rings. The van der Waals surface area contributed by atoms with E-state index in [1.807, 2.05) is 6.08 Å². The molecule has 2 unspecified atom stereocenters. The lowest BCUT2D eigenvalue weighted by molar-refractivity contribution is -0.143. The summed E-state index contributed by atoms with van der Waals surface area (Å²) >= 11 is 0. The molecule has 1 amide bonds. The van der Waals surface area contributed by atoms with Crippen LogP contribution >= 0.6 is 0 Å². The second-order valence-corrected chi connectivity index (χ2v) is 20.3. The molecule has 0 radical (unpaired) electrons. The molecule has 0 spiro atoms. The maximum Gasteiger partial charge on any atom is 0.305 e. The number of hydrogen-bond donors (Lipinski definition) is 3. The average Bonchev–Trinajstić information content (AvgIpc) is 3.32. The van der Waals surface area contributed by atoms with E-state index >= 15 is 0 Å². The van der Waals surface area contributed by atoms with Crippen molar-refractivity contribution < 1.29 is 24.5 Å². The molecule has 390 valence electrons. The molecule has 66 heavy (non-hydrogen) atoms. The summed E-state index contributed by atoms with van der Waals surface area (Å²) in [6.07, 6.45) is 67.8. The first kappa shape index (κ1) is 64.3. The predicted molar refractivity (Wildman–Crippen MR) is 287 cm³/mol. The zero-order valence-electron chi connectivity index (χ0n) is 44.4. The normalized spacial score (nSPS) is 12.7. The fourth-order valence-electron chi connectivity index (χ4n) is 9.16. The van der Waals surface area contributed by atoms with Crippen LogP contribution in [0.4, 0.5) is 0 Å². The molecule has 0 aliphatic heterocycles. The van der Waals surface area contributed by atoms with E-state index in [1.165, 1.54) is 250 Å². The highest BCUT2D eigenvalue weighted by molar-refractivity contribution is 5.76. The van der Waals surface area contributed by atoms with Crippen LogP contribution < -0.4 is 5.32 Å². The number of ether oxygens (including phenoxy) is 1. The van der Waals surface area contributed by atoms with Crippen LogP contribution in [0.5, 0.6) is 0 Å². The SMILES string of the molecule is CCCCCCCC/C=C\CCCCCCCC(=O)OCCCCCCCCCCCCCCCCCCCCCCCCCC(=O)NC(CO)C(O)/C=C/CCCCCCCCCCC. The van der Waals surface area contributed by atoms with E-state index in [0.717, 1.165) is 44.9 Å². The third kappa shape index (κ3) is 51.7. The Hall–Kier alpha value is -1.66. The molecule has 0 aromatic rings. The summed E-state index contributed by atoms with van der Waals surface area (Å²) in [7, 11) is 0. The van der Waals surface area contributed by atoms with Crippen LogP contribution in [0, 0.1) is 0 Å². The van der Waals surface area contributed by atoms with Crippen molar-refractivity contribution in [3.05, 3.63) is 24.3 Å². The molecule has 0 heterocycles. The van der Waals surface area contributed by atoms with Gasteiger partial charge >= 0.3 is 5.97 Å². The summed E-state index contributed by atoms with van der Waals surface area (Å²) in [6.45, 7) is 4.89. The van der Waals surface area contributed by atoms with E-state index in [0.29, 0.717) is 19.4 Å². The Morgan fingerprint density at radius 3 is 1.08 bits per heavy atom. The van der Waals surface area contributed by atoms with E-state index in [-0.39, 0.29) is 18.5 Å². The Morgan fingerprint density at radius 2 is 0.712 bits per heavy atom. The van der Waals surface area contributed by atoms with Gasteiger partial charge in [-0.2, -0.15) is 0 Å². The number of allylic oxidation sites excluding steroid dienone is 3.